The number of rotatable bonds is 12. The molecule has 0 unspecified atom stereocenters. The van der Waals surface area contributed by atoms with Gasteiger partial charge in [0.25, 0.3) is 0 Å². The van der Waals surface area contributed by atoms with Gasteiger partial charge in [0, 0.05) is 37.0 Å². The molecule has 0 spiro atoms. The molecule has 31 heavy (non-hydrogen) atoms. The number of H-pyrrole nitrogens is 1. The van der Waals surface area contributed by atoms with Gasteiger partial charge in [0.2, 0.25) is 0 Å². The van der Waals surface area contributed by atoms with Gasteiger partial charge in [0.1, 0.15) is 24.7 Å². The summed E-state index contributed by atoms with van der Waals surface area (Å²) in [5, 5.41) is 10.6. The van der Waals surface area contributed by atoms with E-state index < -0.39 is 0 Å². The van der Waals surface area contributed by atoms with Crippen molar-refractivity contribution in [2.75, 3.05) is 40.4 Å². The number of aromatic nitrogens is 2. The van der Waals surface area contributed by atoms with Crippen LogP contribution in [0.4, 0.5) is 0 Å². The van der Waals surface area contributed by atoms with Crippen LogP contribution in [0.5, 0.6) is 11.5 Å². The summed E-state index contributed by atoms with van der Waals surface area (Å²) in [5.41, 5.74) is 4.56. The summed E-state index contributed by atoms with van der Waals surface area (Å²) in [7, 11) is 4.09. The molecule has 0 fully saturated rings. The molecule has 0 atom stereocenters. The molecule has 1 aromatic heterocycles. The third-order valence-electron chi connectivity index (χ3n) is 5.20. The Kier molecular flexibility index (Phi) is 8.50. The van der Waals surface area contributed by atoms with Gasteiger partial charge < -0.3 is 19.7 Å². The Hall–Kier alpha value is -2.83. The molecule has 0 aliphatic rings. The van der Waals surface area contributed by atoms with Crippen LogP contribution in [0.2, 0.25) is 0 Å². The zero-order valence-corrected chi connectivity index (χ0v) is 19.0. The summed E-state index contributed by atoms with van der Waals surface area (Å²) in [6.45, 7) is 8.17. The second-order valence-corrected chi connectivity index (χ2v) is 8.05. The Labute approximate surface area is 185 Å². The zero-order chi connectivity index (χ0) is 22.1. The summed E-state index contributed by atoms with van der Waals surface area (Å²) in [6.07, 6.45) is 1.97. The number of nitrogens with one attached hydrogen (secondary N) is 2. The van der Waals surface area contributed by atoms with Crippen molar-refractivity contribution < 1.29 is 9.47 Å². The highest BCUT2D eigenvalue weighted by molar-refractivity contribution is 5.63. The molecule has 0 saturated carbocycles. The molecule has 0 saturated heterocycles. The first-order valence-electron chi connectivity index (χ1n) is 10.9. The van der Waals surface area contributed by atoms with Crippen LogP contribution in [0.25, 0.3) is 11.3 Å². The number of nitrogens with zero attached hydrogens (tertiary/aromatic N) is 2. The van der Waals surface area contributed by atoms with Crippen LogP contribution in [0.15, 0.2) is 54.7 Å². The molecule has 3 rings (SSSR count). The fourth-order valence-corrected chi connectivity index (χ4v) is 3.33. The SMILES string of the molecule is CNCCN(C)Cc1c[nH]nc1-c1ccc(OCCOc2ccc(C(C)C)cc2)cc1. The molecule has 3 aromatic rings. The van der Waals surface area contributed by atoms with E-state index in [-0.39, 0.29) is 0 Å². The normalized spacial score (nSPS) is 11.3. The van der Waals surface area contributed by atoms with Crippen LogP contribution < -0.4 is 14.8 Å². The molecule has 0 radical (unpaired) electrons. The maximum absolute atomic E-state index is 5.83. The highest BCUT2D eigenvalue weighted by atomic mass is 16.5. The standard InChI is InChI=1S/C25H34N4O2/c1-19(2)20-5-9-23(10-6-20)30-15-16-31-24-11-7-21(8-12-24)25-22(17-27-28-25)18-29(4)14-13-26-3/h5-12,17,19,26H,13-16,18H2,1-4H3,(H,27,28). The third kappa shape index (κ3) is 6.84. The molecule has 6 nitrogen and oxygen atoms in total. The van der Waals surface area contributed by atoms with E-state index in [4.69, 9.17) is 9.47 Å². The average molecular weight is 423 g/mol. The van der Waals surface area contributed by atoms with Gasteiger partial charge in [-0.05, 0) is 62.0 Å². The molecule has 0 bridgehead atoms. The number of ether oxygens (including phenoxy) is 2. The van der Waals surface area contributed by atoms with Gasteiger partial charge >= 0.3 is 0 Å². The smallest absolute Gasteiger partial charge is 0.122 e. The summed E-state index contributed by atoms with van der Waals surface area (Å²) in [6, 6.07) is 16.3. The van der Waals surface area contributed by atoms with Crippen LogP contribution >= 0.6 is 0 Å². The minimum atomic E-state index is 0.495. The van der Waals surface area contributed by atoms with Gasteiger partial charge in [-0.3, -0.25) is 5.10 Å². The minimum Gasteiger partial charge on any atom is -0.490 e. The van der Waals surface area contributed by atoms with Crippen LogP contribution in [0.3, 0.4) is 0 Å². The molecule has 2 N–H and O–H groups in total. The van der Waals surface area contributed by atoms with Gasteiger partial charge in [-0.1, -0.05) is 26.0 Å². The lowest BCUT2D eigenvalue weighted by Crippen LogP contribution is -2.26. The van der Waals surface area contributed by atoms with E-state index in [0.29, 0.717) is 19.1 Å². The number of hydrogen-bond donors (Lipinski definition) is 2. The van der Waals surface area contributed by atoms with Crippen LogP contribution in [0, 0.1) is 0 Å². The second kappa shape index (κ2) is 11.5. The van der Waals surface area contributed by atoms with Crippen molar-refractivity contribution in [1.29, 1.82) is 0 Å². The van der Waals surface area contributed by atoms with Gasteiger partial charge in [-0.2, -0.15) is 5.10 Å². The van der Waals surface area contributed by atoms with Gasteiger partial charge in [0.15, 0.2) is 0 Å². The fraction of sp³-hybridized carbons (Fsp3) is 0.400. The Morgan fingerprint density at radius 3 is 2.16 bits per heavy atom. The molecule has 6 heteroatoms. The quantitative estimate of drug-likeness (QED) is 0.426. The monoisotopic (exact) mass is 422 g/mol. The first-order chi connectivity index (χ1) is 15.1. The van der Waals surface area contributed by atoms with E-state index in [9.17, 15) is 0 Å². The van der Waals surface area contributed by atoms with E-state index >= 15 is 0 Å². The summed E-state index contributed by atoms with van der Waals surface area (Å²) >= 11 is 0. The largest absolute Gasteiger partial charge is 0.490 e. The molecule has 1 heterocycles. The van der Waals surface area contributed by atoms with Crippen LogP contribution in [0.1, 0.15) is 30.9 Å². The van der Waals surface area contributed by atoms with Crippen molar-refractivity contribution in [1.82, 2.24) is 20.4 Å². The maximum Gasteiger partial charge on any atom is 0.122 e. The van der Waals surface area contributed by atoms with E-state index in [1.54, 1.807) is 0 Å². The highest BCUT2D eigenvalue weighted by Crippen LogP contribution is 2.24. The van der Waals surface area contributed by atoms with E-state index in [2.05, 4.69) is 53.4 Å². The predicted molar refractivity (Wildman–Crippen MR) is 126 cm³/mol. The Morgan fingerprint density at radius 1 is 0.968 bits per heavy atom. The number of benzene rings is 2. The first-order valence-corrected chi connectivity index (χ1v) is 10.9. The summed E-state index contributed by atoms with van der Waals surface area (Å²) < 4.78 is 11.6. The van der Waals surface area contributed by atoms with Gasteiger partial charge in [0.05, 0.1) is 5.69 Å². The molecule has 2 aromatic carbocycles. The fourth-order valence-electron chi connectivity index (χ4n) is 3.33. The number of aromatic amines is 1. The minimum absolute atomic E-state index is 0.495. The van der Waals surface area contributed by atoms with Crippen LogP contribution in [-0.2, 0) is 6.54 Å². The van der Waals surface area contributed by atoms with Gasteiger partial charge in [-0.25, -0.2) is 0 Å². The lowest BCUT2D eigenvalue weighted by atomic mass is 10.0. The molecule has 0 amide bonds. The maximum atomic E-state index is 5.83. The molecular formula is C25H34N4O2. The summed E-state index contributed by atoms with van der Waals surface area (Å²) in [4.78, 5) is 2.28. The third-order valence-corrected chi connectivity index (χ3v) is 5.20. The number of likely N-dealkylation sites (N-methyl/N-ethyl adjacent to an activating group) is 2. The molecule has 166 valence electrons. The highest BCUT2D eigenvalue weighted by Gasteiger charge is 2.11. The van der Waals surface area contributed by atoms with Crippen molar-refractivity contribution in [3.8, 4) is 22.8 Å². The van der Waals surface area contributed by atoms with Crippen molar-refractivity contribution >= 4 is 0 Å². The van der Waals surface area contributed by atoms with Crippen molar-refractivity contribution in [3.63, 3.8) is 0 Å². The topological polar surface area (TPSA) is 62.4 Å². The number of hydrogen-bond acceptors (Lipinski definition) is 5. The lowest BCUT2D eigenvalue weighted by Gasteiger charge is -2.16. The second-order valence-electron chi connectivity index (χ2n) is 8.05. The molecular weight excluding hydrogens is 388 g/mol. The van der Waals surface area contributed by atoms with E-state index in [1.807, 2.05) is 49.6 Å². The van der Waals surface area contributed by atoms with Gasteiger partial charge in [-0.15, -0.1) is 0 Å². The van der Waals surface area contributed by atoms with Crippen molar-refractivity contribution in [2.45, 2.75) is 26.3 Å². The van der Waals surface area contributed by atoms with Crippen LogP contribution in [-0.4, -0.2) is 55.5 Å². The average Bonchev–Trinajstić information content (AvgIpc) is 3.24. The Bertz CT molecular complexity index is 904. The lowest BCUT2D eigenvalue weighted by molar-refractivity contribution is 0.217. The van der Waals surface area contributed by atoms with Crippen molar-refractivity contribution in [2.24, 2.45) is 0 Å². The predicted octanol–water partition coefficient (Wildman–Crippen LogP) is 4.31. The zero-order valence-electron chi connectivity index (χ0n) is 19.0. The summed E-state index contributed by atoms with van der Waals surface area (Å²) in [5.74, 6) is 2.22. The first kappa shape index (κ1) is 22.8. The molecule has 0 aliphatic carbocycles. The van der Waals surface area contributed by atoms with E-state index in [1.165, 1.54) is 11.1 Å². The van der Waals surface area contributed by atoms with E-state index in [0.717, 1.165) is 42.4 Å². The Morgan fingerprint density at radius 2 is 1.58 bits per heavy atom. The molecule has 0 aliphatic heterocycles. The Balaban J connectivity index is 1.48. The van der Waals surface area contributed by atoms with Crippen molar-refractivity contribution in [3.05, 3.63) is 65.9 Å².